The Bertz CT molecular complexity index is 809. The molecule has 2 aromatic carbocycles. The fourth-order valence-corrected chi connectivity index (χ4v) is 1.85. The molecule has 0 aliphatic carbocycles. The summed E-state index contributed by atoms with van der Waals surface area (Å²) in [6, 6.07) is 15.0. The largest absolute Gasteiger partial charge is 0.387 e. The zero-order valence-electron chi connectivity index (χ0n) is 12.5. The van der Waals surface area contributed by atoms with Gasteiger partial charge in [0.15, 0.2) is 0 Å². The second-order valence-electron chi connectivity index (χ2n) is 4.63. The maximum absolute atomic E-state index is 11.6. The van der Waals surface area contributed by atoms with E-state index in [1.54, 1.807) is 18.2 Å². The van der Waals surface area contributed by atoms with Crippen LogP contribution in [-0.2, 0) is 14.3 Å². The van der Waals surface area contributed by atoms with Crippen LogP contribution in [0.3, 0.4) is 0 Å². The summed E-state index contributed by atoms with van der Waals surface area (Å²) in [5.74, 6) is -1.73. The number of nitrogens with zero attached hydrogens (tertiary/aromatic N) is 1. The van der Waals surface area contributed by atoms with Crippen LogP contribution in [0.25, 0.3) is 12.2 Å². The number of esters is 2. The first-order valence-corrected chi connectivity index (χ1v) is 6.96. The molecule has 6 heteroatoms. The van der Waals surface area contributed by atoms with Gasteiger partial charge >= 0.3 is 11.9 Å². The number of carbonyl (C=O) groups excluding carboxylic acids is 2. The summed E-state index contributed by atoms with van der Waals surface area (Å²) in [4.78, 5) is 33.4. The minimum atomic E-state index is -0.907. The predicted molar refractivity (Wildman–Crippen MR) is 88.7 cm³/mol. The van der Waals surface area contributed by atoms with E-state index in [0.29, 0.717) is 0 Å². The molecular formula is C18H13NO5. The number of para-hydroxylation sites is 1. The minimum absolute atomic E-state index is 0.142. The summed E-state index contributed by atoms with van der Waals surface area (Å²) in [5.41, 5.74) is 0.890. The summed E-state index contributed by atoms with van der Waals surface area (Å²) in [5, 5.41) is 10.9. The number of nitro benzene ring substituents is 1. The molecule has 0 radical (unpaired) electrons. The van der Waals surface area contributed by atoms with E-state index in [4.69, 9.17) is 0 Å². The quantitative estimate of drug-likeness (QED) is 0.277. The molecular weight excluding hydrogens is 310 g/mol. The third kappa shape index (κ3) is 5.03. The lowest BCUT2D eigenvalue weighted by Crippen LogP contribution is -2.06. The molecule has 0 saturated carbocycles. The molecule has 0 N–H and O–H groups in total. The van der Waals surface area contributed by atoms with Crippen molar-refractivity contribution in [1.29, 1.82) is 0 Å². The molecule has 120 valence electrons. The molecule has 0 heterocycles. The molecule has 0 atom stereocenters. The molecule has 0 amide bonds. The summed E-state index contributed by atoms with van der Waals surface area (Å²) in [7, 11) is 0. The van der Waals surface area contributed by atoms with E-state index in [9.17, 15) is 19.7 Å². The van der Waals surface area contributed by atoms with Crippen LogP contribution in [0.1, 0.15) is 11.1 Å². The molecule has 0 unspecified atom stereocenters. The Morgan fingerprint density at radius 3 is 2.12 bits per heavy atom. The van der Waals surface area contributed by atoms with E-state index in [2.05, 4.69) is 4.74 Å². The Morgan fingerprint density at radius 1 is 0.875 bits per heavy atom. The lowest BCUT2D eigenvalue weighted by molar-refractivity contribution is -0.385. The maximum atomic E-state index is 11.6. The highest BCUT2D eigenvalue weighted by molar-refractivity contribution is 6.00. The van der Waals surface area contributed by atoms with Crippen LogP contribution in [0.4, 0.5) is 5.69 Å². The van der Waals surface area contributed by atoms with Crippen molar-refractivity contribution in [2.45, 2.75) is 0 Å². The Kier molecular flexibility index (Phi) is 5.74. The van der Waals surface area contributed by atoms with Gasteiger partial charge in [-0.15, -0.1) is 0 Å². The van der Waals surface area contributed by atoms with Crippen molar-refractivity contribution >= 4 is 29.8 Å². The van der Waals surface area contributed by atoms with Crippen molar-refractivity contribution in [2.24, 2.45) is 0 Å². The number of benzene rings is 2. The van der Waals surface area contributed by atoms with Crippen LogP contribution in [0.2, 0.25) is 0 Å². The van der Waals surface area contributed by atoms with Gasteiger partial charge in [-0.05, 0) is 23.8 Å². The number of carbonyl (C=O) groups is 2. The number of ether oxygens (including phenoxy) is 1. The summed E-state index contributed by atoms with van der Waals surface area (Å²) in [6.45, 7) is 0. The number of rotatable bonds is 5. The van der Waals surface area contributed by atoms with Gasteiger partial charge in [0, 0.05) is 18.2 Å². The molecule has 2 rings (SSSR count). The smallest absolute Gasteiger partial charge is 0.338 e. The summed E-state index contributed by atoms with van der Waals surface area (Å²) in [6.07, 6.45) is 4.85. The van der Waals surface area contributed by atoms with Gasteiger partial charge < -0.3 is 4.74 Å². The Morgan fingerprint density at radius 2 is 1.46 bits per heavy atom. The molecule has 0 aromatic heterocycles. The third-order valence-corrected chi connectivity index (χ3v) is 2.95. The fraction of sp³-hybridized carbons (Fsp3) is 0. The second kappa shape index (κ2) is 8.19. The van der Waals surface area contributed by atoms with Gasteiger partial charge in [0.05, 0.1) is 10.5 Å². The van der Waals surface area contributed by atoms with E-state index in [1.165, 1.54) is 30.4 Å². The van der Waals surface area contributed by atoms with Crippen molar-refractivity contribution in [3.8, 4) is 0 Å². The second-order valence-corrected chi connectivity index (χ2v) is 4.63. The monoisotopic (exact) mass is 323 g/mol. The van der Waals surface area contributed by atoms with Crippen molar-refractivity contribution in [3.05, 3.63) is 88.0 Å². The van der Waals surface area contributed by atoms with Crippen LogP contribution in [-0.4, -0.2) is 16.9 Å². The Balaban J connectivity index is 1.97. The van der Waals surface area contributed by atoms with Crippen molar-refractivity contribution in [2.75, 3.05) is 0 Å². The lowest BCUT2D eigenvalue weighted by atomic mass is 10.1. The average molecular weight is 323 g/mol. The average Bonchev–Trinajstić information content (AvgIpc) is 2.59. The molecule has 6 nitrogen and oxygen atoms in total. The zero-order valence-corrected chi connectivity index (χ0v) is 12.5. The molecule has 0 aliphatic heterocycles. The van der Waals surface area contributed by atoms with Crippen LogP contribution in [0.5, 0.6) is 0 Å². The van der Waals surface area contributed by atoms with Gasteiger partial charge in [0.25, 0.3) is 5.69 Å². The molecule has 2 aromatic rings. The van der Waals surface area contributed by atoms with Crippen molar-refractivity contribution in [3.63, 3.8) is 0 Å². The molecule has 0 bridgehead atoms. The van der Waals surface area contributed by atoms with E-state index >= 15 is 0 Å². The number of nitro groups is 1. The van der Waals surface area contributed by atoms with Gasteiger partial charge in [-0.2, -0.15) is 0 Å². The highest BCUT2D eigenvalue weighted by Crippen LogP contribution is 2.18. The van der Waals surface area contributed by atoms with Crippen LogP contribution in [0.15, 0.2) is 66.7 Å². The molecule has 24 heavy (non-hydrogen) atoms. The Labute approximate surface area is 137 Å². The molecule has 0 fully saturated rings. The van der Waals surface area contributed by atoms with Crippen LogP contribution >= 0.6 is 0 Å². The maximum Gasteiger partial charge on any atom is 0.338 e. The topological polar surface area (TPSA) is 86.5 Å². The number of hydrogen-bond donors (Lipinski definition) is 0. The number of hydrogen-bond acceptors (Lipinski definition) is 5. The SMILES string of the molecule is O=C(C=Cc1ccccc1)OC(=O)C=Cc1ccccc1[N+](=O)[O-]. The molecule has 0 aliphatic rings. The van der Waals surface area contributed by atoms with E-state index < -0.39 is 16.9 Å². The standard InChI is InChI=1S/C18H13NO5/c20-17(12-10-14-6-2-1-3-7-14)24-18(21)13-11-15-8-4-5-9-16(15)19(22)23/h1-13H. The van der Waals surface area contributed by atoms with Gasteiger partial charge in [-0.25, -0.2) is 9.59 Å². The van der Waals surface area contributed by atoms with Crippen molar-refractivity contribution in [1.82, 2.24) is 0 Å². The highest BCUT2D eigenvalue weighted by atomic mass is 16.6. The normalized spacial score (nSPS) is 10.8. The minimum Gasteiger partial charge on any atom is -0.387 e. The van der Waals surface area contributed by atoms with E-state index in [-0.39, 0.29) is 11.3 Å². The summed E-state index contributed by atoms with van der Waals surface area (Å²) >= 11 is 0. The molecule has 0 saturated heterocycles. The van der Waals surface area contributed by atoms with Gasteiger partial charge in [0.1, 0.15) is 0 Å². The highest BCUT2D eigenvalue weighted by Gasteiger charge is 2.10. The lowest BCUT2D eigenvalue weighted by Gasteiger charge is -1.97. The third-order valence-electron chi connectivity index (χ3n) is 2.95. The van der Waals surface area contributed by atoms with Crippen molar-refractivity contribution < 1.29 is 19.2 Å². The molecule has 0 spiro atoms. The first-order chi connectivity index (χ1) is 11.6. The summed E-state index contributed by atoms with van der Waals surface area (Å²) < 4.78 is 4.57. The fourth-order valence-electron chi connectivity index (χ4n) is 1.85. The first kappa shape index (κ1) is 16.8. The van der Waals surface area contributed by atoms with Gasteiger partial charge in [-0.3, -0.25) is 10.1 Å². The Hall–Kier alpha value is -3.54. The van der Waals surface area contributed by atoms with Gasteiger partial charge in [-0.1, -0.05) is 42.5 Å². The first-order valence-electron chi connectivity index (χ1n) is 6.96. The van der Waals surface area contributed by atoms with Gasteiger partial charge in [0.2, 0.25) is 0 Å². The zero-order chi connectivity index (χ0) is 17.4. The van der Waals surface area contributed by atoms with Crippen LogP contribution < -0.4 is 0 Å². The van der Waals surface area contributed by atoms with E-state index in [0.717, 1.165) is 17.7 Å². The van der Waals surface area contributed by atoms with Crippen LogP contribution in [0, 0.1) is 10.1 Å². The predicted octanol–water partition coefficient (Wildman–Crippen LogP) is 3.39. The van der Waals surface area contributed by atoms with E-state index in [1.807, 2.05) is 18.2 Å².